The van der Waals surface area contributed by atoms with Crippen LogP contribution in [0.2, 0.25) is 0 Å². The van der Waals surface area contributed by atoms with Crippen molar-refractivity contribution >= 4 is 5.70 Å². The molecule has 0 saturated heterocycles. The standard InChI is InChI=1S/C12H11N/c1-2-6-11-10(5-1)9-13-8-4-3-7-12(11)13/h1-7H,8-9H2. The molecule has 0 atom stereocenters. The molecule has 0 saturated carbocycles. The van der Waals surface area contributed by atoms with E-state index in [0.29, 0.717) is 0 Å². The Morgan fingerprint density at radius 2 is 2.08 bits per heavy atom. The summed E-state index contributed by atoms with van der Waals surface area (Å²) in [5.74, 6) is 0. The predicted molar refractivity (Wildman–Crippen MR) is 54.0 cm³/mol. The molecule has 1 nitrogen and oxygen atoms in total. The second-order valence-electron chi connectivity index (χ2n) is 3.52. The first-order valence-corrected chi connectivity index (χ1v) is 4.65. The lowest BCUT2D eigenvalue weighted by Gasteiger charge is -2.20. The van der Waals surface area contributed by atoms with E-state index in [-0.39, 0.29) is 0 Å². The zero-order chi connectivity index (χ0) is 8.67. The summed E-state index contributed by atoms with van der Waals surface area (Å²) in [7, 11) is 0. The van der Waals surface area contributed by atoms with Crippen LogP contribution >= 0.6 is 0 Å². The third-order valence-corrected chi connectivity index (χ3v) is 2.71. The molecule has 0 N–H and O–H groups in total. The van der Waals surface area contributed by atoms with Gasteiger partial charge in [0.15, 0.2) is 0 Å². The molecule has 2 aliphatic rings. The Balaban J connectivity index is 2.18. The van der Waals surface area contributed by atoms with Gasteiger partial charge in [0.05, 0.1) is 0 Å². The molecule has 2 heterocycles. The van der Waals surface area contributed by atoms with Crippen LogP contribution in [0.1, 0.15) is 11.1 Å². The highest BCUT2D eigenvalue weighted by molar-refractivity contribution is 5.72. The van der Waals surface area contributed by atoms with E-state index >= 15 is 0 Å². The van der Waals surface area contributed by atoms with E-state index in [0.717, 1.165) is 13.1 Å². The van der Waals surface area contributed by atoms with E-state index in [1.807, 2.05) is 0 Å². The van der Waals surface area contributed by atoms with Gasteiger partial charge < -0.3 is 4.90 Å². The first kappa shape index (κ1) is 6.96. The zero-order valence-corrected chi connectivity index (χ0v) is 7.40. The van der Waals surface area contributed by atoms with Crippen LogP contribution in [-0.4, -0.2) is 11.4 Å². The van der Waals surface area contributed by atoms with E-state index in [4.69, 9.17) is 0 Å². The van der Waals surface area contributed by atoms with Crippen LogP contribution in [-0.2, 0) is 6.54 Å². The van der Waals surface area contributed by atoms with Gasteiger partial charge >= 0.3 is 0 Å². The molecular weight excluding hydrogens is 158 g/mol. The SMILES string of the molecule is C1=CCN2Cc3ccccc3C2=C1. The molecule has 64 valence electrons. The summed E-state index contributed by atoms with van der Waals surface area (Å²) >= 11 is 0. The first-order chi connectivity index (χ1) is 6.45. The lowest BCUT2D eigenvalue weighted by Crippen LogP contribution is -2.16. The van der Waals surface area contributed by atoms with Crippen LogP contribution in [0.4, 0.5) is 0 Å². The Labute approximate surface area is 78.0 Å². The molecule has 0 aliphatic carbocycles. The maximum absolute atomic E-state index is 2.41. The van der Waals surface area contributed by atoms with Crippen molar-refractivity contribution in [1.82, 2.24) is 4.90 Å². The number of benzene rings is 1. The van der Waals surface area contributed by atoms with Gasteiger partial charge in [-0.2, -0.15) is 0 Å². The quantitative estimate of drug-likeness (QED) is 0.576. The average molecular weight is 169 g/mol. The summed E-state index contributed by atoms with van der Waals surface area (Å²) in [6.45, 7) is 2.13. The van der Waals surface area contributed by atoms with Gasteiger partial charge in [0.25, 0.3) is 0 Å². The first-order valence-electron chi connectivity index (χ1n) is 4.65. The lowest BCUT2D eigenvalue weighted by atomic mass is 10.1. The Morgan fingerprint density at radius 3 is 3.08 bits per heavy atom. The summed E-state index contributed by atoms with van der Waals surface area (Å²) in [5, 5.41) is 0. The second-order valence-corrected chi connectivity index (χ2v) is 3.52. The minimum atomic E-state index is 1.06. The molecule has 0 bridgehead atoms. The Kier molecular flexibility index (Phi) is 1.33. The van der Waals surface area contributed by atoms with Gasteiger partial charge in [-0.1, -0.05) is 36.4 Å². The molecule has 0 amide bonds. The van der Waals surface area contributed by atoms with Crippen molar-refractivity contribution in [2.75, 3.05) is 6.54 Å². The molecule has 0 unspecified atom stereocenters. The topological polar surface area (TPSA) is 3.24 Å². The molecule has 1 aromatic rings. The van der Waals surface area contributed by atoms with Crippen molar-refractivity contribution in [2.24, 2.45) is 0 Å². The monoisotopic (exact) mass is 169 g/mol. The number of hydrogen-bond acceptors (Lipinski definition) is 1. The van der Waals surface area contributed by atoms with Gasteiger partial charge in [-0.3, -0.25) is 0 Å². The Bertz CT molecular complexity index is 401. The highest BCUT2D eigenvalue weighted by atomic mass is 15.2. The third-order valence-electron chi connectivity index (χ3n) is 2.71. The molecule has 0 aromatic heterocycles. The van der Waals surface area contributed by atoms with E-state index < -0.39 is 0 Å². The van der Waals surface area contributed by atoms with Crippen LogP contribution in [0.25, 0.3) is 5.70 Å². The van der Waals surface area contributed by atoms with Crippen LogP contribution in [0, 0.1) is 0 Å². The summed E-state index contributed by atoms with van der Waals surface area (Å²) < 4.78 is 0. The summed E-state index contributed by atoms with van der Waals surface area (Å²) in [5.41, 5.74) is 4.25. The molecule has 13 heavy (non-hydrogen) atoms. The lowest BCUT2D eigenvalue weighted by molar-refractivity contribution is 0.451. The smallest absolute Gasteiger partial charge is 0.0449 e. The number of fused-ring (bicyclic) bond motifs is 3. The van der Waals surface area contributed by atoms with Crippen LogP contribution in [0.3, 0.4) is 0 Å². The number of nitrogens with zero attached hydrogens (tertiary/aromatic N) is 1. The molecular formula is C12H11N. The molecule has 1 aromatic carbocycles. The van der Waals surface area contributed by atoms with Crippen molar-refractivity contribution in [3.63, 3.8) is 0 Å². The average Bonchev–Trinajstić information content (AvgIpc) is 2.56. The van der Waals surface area contributed by atoms with E-state index in [9.17, 15) is 0 Å². The van der Waals surface area contributed by atoms with Crippen molar-refractivity contribution in [3.05, 3.63) is 53.6 Å². The number of hydrogen-bond donors (Lipinski definition) is 0. The van der Waals surface area contributed by atoms with Crippen LogP contribution in [0.5, 0.6) is 0 Å². The van der Waals surface area contributed by atoms with Gasteiger partial charge in [-0.25, -0.2) is 0 Å². The molecule has 0 fully saturated rings. The summed E-state index contributed by atoms with van der Waals surface area (Å²) in [6, 6.07) is 8.65. The molecule has 3 rings (SSSR count). The van der Waals surface area contributed by atoms with Crippen molar-refractivity contribution < 1.29 is 0 Å². The highest BCUT2D eigenvalue weighted by Crippen LogP contribution is 2.33. The van der Waals surface area contributed by atoms with Crippen molar-refractivity contribution in [1.29, 1.82) is 0 Å². The fourth-order valence-corrected chi connectivity index (χ4v) is 2.07. The van der Waals surface area contributed by atoms with Gasteiger partial charge in [0, 0.05) is 24.4 Å². The fraction of sp³-hybridized carbons (Fsp3) is 0.167. The van der Waals surface area contributed by atoms with E-state index in [1.54, 1.807) is 0 Å². The second kappa shape index (κ2) is 2.49. The van der Waals surface area contributed by atoms with Gasteiger partial charge in [0.1, 0.15) is 0 Å². The fourth-order valence-electron chi connectivity index (χ4n) is 2.07. The van der Waals surface area contributed by atoms with E-state index in [2.05, 4.69) is 47.4 Å². The maximum Gasteiger partial charge on any atom is 0.0449 e. The molecule has 0 spiro atoms. The normalized spacial score (nSPS) is 18.2. The zero-order valence-electron chi connectivity index (χ0n) is 7.40. The largest absolute Gasteiger partial charge is 0.363 e. The van der Waals surface area contributed by atoms with Gasteiger partial charge in [-0.15, -0.1) is 0 Å². The Morgan fingerprint density at radius 1 is 1.15 bits per heavy atom. The predicted octanol–water partition coefficient (Wildman–Crippen LogP) is 2.41. The molecule has 2 aliphatic heterocycles. The van der Waals surface area contributed by atoms with Crippen LogP contribution < -0.4 is 0 Å². The molecule has 0 radical (unpaired) electrons. The minimum absolute atomic E-state index is 1.06. The number of allylic oxidation sites excluding steroid dienone is 2. The summed E-state index contributed by atoms with van der Waals surface area (Å²) in [6.07, 6.45) is 6.55. The highest BCUT2D eigenvalue weighted by Gasteiger charge is 2.22. The van der Waals surface area contributed by atoms with Crippen LogP contribution in [0.15, 0.2) is 42.5 Å². The summed E-state index contributed by atoms with van der Waals surface area (Å²) in [4.78, 5) is 2.41. The molecule has 1 heteroatoms. The maximum atomic E-state index is 2.41. The third kappa shape index (κ3) is 0.934. The Hall–Kier alpha value is -1.50. The van der Waals surface area contributed by atoms with Gasteiger partial charge in [0.2, 0.25) is 0 Å². The minimum Gasteiger partial charge on any atom is -0.363 e. The van der Waals surface area contributed by atoms with Crippen molar-refractivity contribution in [3.8, 4) is 0 Å². The van der Waals surface area contributed by atoms with E-state index in [1.165, 1.54) is 16.8 Å². The number of rotatable bonds is 0. The van der Waals surface area contributed by atoms with Gasteiger partial charge in [-0.05, 0) is 11.6 Å². The van der Waals surface area contributed by atoms with Crippen molar-refractivity contribution in [2.45, 2.75) is 6.54 Å².